The van der Waals surface area contributed by atoms with Crippen molar-refractivity contribution in [2.24, 2.45) is 0 Å². The van der Waals surface area contributed by atoms with Crippen molar-refractivity contribution in [3.8, 4) is 33.9 Å². The van der Waals surface area contributed by atoms with Crippen molar-refractivity contribution >= 4 is 11.0 Å². The SMILES string of the molecule is COc1ccc(-c2c(-c3ccc(OC)cc3)n(Cc3ccccc3)c3ncn(C4CCCCC4)c(=N)c23)cc1. The first-order valence-electron chi connectivity index (χ1n) is 13.7. The summed E-state index contributed by atoms with van der Waals surface area (Å²) < 4.78 is 15.3. The molecule has 3 aromatic carbocycles. The van der Waals surface area contributed by atoms with Crippen LogP contribution in [0.2, 0.25) is 0 Å². The molecule has 1 N–H and O–H groups in total. The highest BCUT2D eigenvalue weighted by Crippen LogP contribution is 2.41. The maximum Gasteiger partial charge on any atom is 0.146 e. The molecule has 2 aromatic heterocycles. The minimum atomic E-state index is 0.314. The first-order valence-corrected chi connectivity index (χ1v) is 13.7. The molecule has 1 fully saturated rings. The smallest absolute Gasteiger partial charge is 0.146 e. The van der Waals surface area contributed by atoms with Gasteiger partial charge in [-0.05, 0) is 65.9 Å². The Hall–Kier alpha value is -4.32. The zero-order chi connectivity index (χ0) is 26.8. The molecule has 6 heteroatoms. The minimum Gasteiger partial charge on any atom is -0.497 e. The van der Waals surface area contributed by atoms with Crippen LogP contribution < -0.4 is 15.0 Å². The molecule has 0 atom stereocenters. The predicted molar refractivity (Wildman–Crippen MR) is 155 cm³/mol. The van der Waals surface area contributed by atoms with Gasteiger partial charge in [0.25, 0.3) is 0 Å². The summed E-state index contributed by atoms with van der Waals surface area (Å²) in [6.45, 7) is 0.648. The summed E-state index contributed by atoms with van der Waals surface area (Å²) in [6, 6.07) is 27.1. The average Bonchev–Trinajstić information content (AvgIpc) is 3.33. The van der Waals surface area contributed by atoms with Crippen molar-refractivity contribution in [2.45, 2.75) is 44.7 Å². The topological polar surface area (TPSA) is 65.1 Å². The van der Waals surface area contributed by atoms with Crippen LogP contribution in [0.3, 0.4) is 0 Å². The largest absolute Gasteiger partial charge is 0.497 e. The summed E-state index contributed by atoms with van der Waals surface area (Å²) in [5.41, 5.74) is 6.70. The fourth-order valence-corrected chi connectivity index (χ4v) is 5.91. The molecular formula is C33H34N4O2. The van der Waals surface area contributed by atoms with Crippen LogP contribution in [0, 0.1) is 5.41 Å². The average molecular weight is 519 g/mol. The van der Waals surface area contributed by atoms with Gasteiger partial charge in [0.15, 0.2) is 0 Å². The highest BCUT2D eigenvalue weighted by molar-refractivity contribution is 6.02. The lowest BCUT2D eigenvalue weighted by atomic mass is 9.95. The number of methoxy groups -OCH3 is 2. The predicted octanol–water partition coefficient (Wildman–Crippen LogP) is 7.22. The van der Waals surface area contributed by atoms with Crippen LogP contribution >= 0.6 is 0 Å². The molecule has 0 saturated heterocycles. The number of ether oxygens (including phenoxy) is 2. The lowest BCUT2D eigenvalue weighted by molar-refractivity contribution is 0.341. The van der Waals surface area contributed by atoms with Crippen molar-refractivity contribution in [1.82, 2.24) is 14.1 Å². The van der Waals surface area contributed by atoms with Crippen LogP contribution in [0.4, 0.5) is 0 Å². The van der Waals surface area contributed by atoms with Crippen LogP contribution in [0.1, 0.15) is 43.7 Å². The van der Waals surface area contributed by atoms with E-state index in [1.54, 1.807) is 14.2 Å². The van der Waals surface area contributed by atoms with Gasteiger partial charge in [-0.2, -0.15) is 0 Å². The zero-order valence-electron chi connectivity index (χ0n) is 22.6. The van der Waals surface area contributed by atoms with Crippen molar-refractivity contribution in [1.29, 1.82) is 5.41 Å². The molecule has 0 spiro atoms. The van der Waals surface area contributed by atoms with Gasteiger partial charge in [-0.15, -0.1) is 0 Å². The lowest BCUT2D eigenvalue weighted by Gasteiger charge is -2.24. The number of hydrogen-bond donors (Lipinski definition) is 1. The fraction of sp³-hybridized carbons (Fsp3) is 0.273. The van der Waals surface area contributed by atoms with E-state index in [0.717, 1.165) is 57.8 Å². The third-order valence-electron chi connectivity index (χ3n) is 7.93. The summed E-state index contributed by atoms with van der Waals surface area (Å²) in [5.74, 6) is 1.61. The normalized spacial score (nSPS) is 14.0. The van der Waals surface area contributed by atoms with E-state index in [4.69, 9.17) is 14.5 Å². The summed E-state index contributed by atoms with van der Waals surface area (Å²) in [5, 5.41) is 10.4. The molecule has 198 valence electrons. The molecule has 39 heavy (non-hydrogen) atoms. The molecule has 1 aliphatic rings. The van der Waals surface area contributed by atoms with Crippen LogP contribution in [0.5, 0.6) is 11.5 Å². The third kappa shape index (κ3) is 4.71. The summed E-state index contributed by atoms with van der Waals surface area (Å²) in [6.07, 6.45) is 7.76. The zero-order valence-corrected chi connectivity index (χ0v) is 22.6. The molecule has 6 rings (SSSR count). The molecule has 0 amide bonds. The summed E-state index contributed by atoms with van der Waals surface area (Å²) in [4.78, 5) is 5.07. The molecule has 0 unspecified atom stereocenters. The molecule has 1 aliphatic carbocycles. The van der Waals surface area contributed by atoms with Crippen molar-refractivity contribution in [3.63, 3.8) is 0 Å². The Morgan fingerprint density at radius 3 is 2.03 bits per heavy atom. The first kappa shape index (κ1) is 25.0. The van der Waals surface area contributed by atoms with E-state index < -0.39 is 0 Å². The van der Waals surface area contributed by atoms with E-state index in [-0.39, 0.29) is 0 Å². The Balaban J connectivity index is 1.67. The number of rotatable bonds is 7. The molecule has 0 bridgehead atoms. The quantitative estimate of drug-likeness (QED) is 0.247. The second-order valence-corrected chi connectivity index (χ2v) is 10.2. The van der Waals surface area contributed by atoms with Crippen LogP contribution in [0.25, 0.3) is 33.4 Å². The van der Waals surface area contributed by atoms with Gasteiger partial charge in [0.2, 0.25) is 0 Å². The van der Waals surface area contributed by atoms with E-state index in [1.807, 2.05) is 36.7 Å². The first-order chi connectivity index (χ1) is 19.2. The van der Waals surface area contributed by atoms with Gasteiger partial charge in [0.05, 0.1) is 31.6 Å². The Morgan fingerprint density at radius 2 is 1.41 bits per heavy atom. The number of hydrogen-bond acceptors (Lipinski definition) is 4. The van der Waals surface area contributed by atoms with Gasteiger partial charge in [-0.1, -0.05) is 61.7 Å². The Morgan fingerprint density at radius 1 is 0.795 bits per heavy atom. The standard InChI is InChI=1S/C33H34N4O2/c1-38-27-17-13-24(14-18-27)29-30-32(34)37(26-11-7-4-8-12-26)22-35-33(30)36(21-23-9-5-3-6-10-23)31(29)25-15-19-28(39-2)20-16-25/h3,5-6,9-10,13-20,22,26,34H,4,7-8,11-12,21H2,1-2H3. The van der Waals surface area contributed by atoms with Crippen LogP contribution in [-0.4, -0.2) is 28.3 Å². The van der Waals surface area contributed by atoms with Crippen molar-refractivity contribution in [3.05, 3.63) is 96.2 Å². The maximum absolute atomic E-state index is 9.53. The number of nitrogens with one attached hydrogen (secondary N) is 1. The number of nitrogens with zero attached hydrogens (tertiary/aromatic N) is 3. The summed E-state index contributed by atoms with van der Waals surface area (Å²) in [7, 11) is 3.37. The van der Waals surface area contributed by atoms with Gasteiger partial charge >= 0.3 is 0 Å². The Bertz CT molecular complexity index is 1630. The number of aromatic nitrogens is 3. The monoisotopic (exact) mass is 518 g/mol. The molecule has 6 nitrogen and oxygen atoms in total. The van der Waals surface area contributed by atoms with E-state index >= 15 is 0 Å². The second kappa shape index (κ2) is 10.8. The van der Waals surface area contributed by atoms with Gasteiger partial charge < -0.3 is 18.6 Å². The minimum absolute atomic E-state index is 0.314. The van der Waals surface area contributed by atoms with Crippen LogP contribution in [-0.2, 0) is 6.54 Å². The van der Waals surface area contributed by atoms with Gasteiger partial charge in [-0.3, -0.25) is 5.41 Å². The fourth-order valence-electron chi connectivity index (χ4n) is 5.91. The molecule has 1 saturated carbocycles. The van der Waals surface area contributed by atoms with Crippen molar-refractivity contribution in [2.75, 3.05) is 14.2 Å². The Kier molecular flexibility index (Phi) is 6.93. The lowest BCUT2D eigenvalue weighted by Crippen LogP contribution is -2.27. The highest BCUT2D eigenvalue weighted by Gasteiger charge is 2.25. The summed E-state index contributed by atoms with van der Waals surface area (Å²) >= 11 is 0. The van der Waals surface area contributed by atoms with E-state index in [0.29, 0.717) is 18.1 Å². The third-order valence-corrected chi connectivity index (χ3v) is 7.93. The van der Waals surface area contributed by atoms with E-state index in [9.17, 15) is 5.41 Å². The van der Waals surface area contributed by atoms with Gasteiger partial charge in [0, 0.05) is 18.2 Å². The second-order valence-electron chi connectivity index (χ2n) is 10.2. The van der Waals surface area contributed by atoms with Gasteiger partial charge in [-0.25, -0.2) is 4.98 Å². The maximum atomic E-state index is 9.53. The highest BCUT2D eigenvalue weighted by atomic mass is 16.5. The number of fused-ring (bicyclic) bond motifs is 1. The van der Waals surface area contributed by atoms with Gasteiger partial charge in [0.1, 0.15) is 22.6 Å². The molecule has 0 radical (unpaired) electrons. The Labute approximate surface area is 229 Å². The molecular weight excluding hydrogens is 484 g/mol. The molecule has 5 aromatic rings. The van der Waals surface area contributed by atoms with Crippen molar-refractivity contribution < 1.29 is 9.47 Å². The molecule has 2 heterocycles. The van der Waals surface area contributed by atoms with E-state index in [2.05, 4.69) is 57.7 Å². The number of benzene rings is 3. The van der Waals surface area contributed by atoms with E-state index in [1.165, 1.54) is 24.8 Å². The molecule has 0 aliphatic heterocycles. The van der Waals surface area contributed by atoms with Crippen LogP contribution in [0.15, 0.2) is 85.2 Å².